The van der Waals surface area contributed by atoms with Crippen molar-refractivity contribution in [2.45, 2.75) is 18.7 Å². The molecule has 0 fully saturated rings. The van der Waals surface area contributed by atoms with E-state index in [0.29, 0.717) is 23.9 Å². The third kappa shape index (κ3) is 3.05. The normalized spacial score (nSPS) is 11.5. The first-order chi connectivity index (χ1) is 8.91. The molecular formula is C11H11ClN2O4S. The quantitative estimate of drug-likeness (QED) is 0.806. The van der Waals surface area contributed by atoms with E-state index in [1.807, 2.05) is 0 Å². The molecule has 0 aliphatic heterocycles. The number of aromatic nitrogens is 2. The van der Waals surface area contributed by atoms with Crippen LogP contribution in [0.2, 0.25) is 0 Å². The number of nitrogens with zero attached hydrogens (tertiary/aromatic N) is 2. The van der Waals surface area contributed by atoms with Gasteiger partial charge >= 0.3 is 0 Å². The van der Waals surface area contributed by atoms with Crippen molar-refractivity contribution in [1.29, 1.82) is 0 Å². The summed E-state index contributed by atoms with van der Waals surface area (Å²) in [7, 11) is 1.47. The number of hydrogen-bond acceptors (Lipinski definition) is 6. The fraction of sp³-hybridized carbons (Fsp3) is 0.273. The van der Waals surface area contributed by atoms with Crippen molar-refractivity contribution >= 4 is 19.7 Å². The summed E-state index contributed by atoms with van der Waals surface area (Å²) in [6.07, 6.45) is 0. The van der Waals surface area contributed by atoms with Crippen LogP contribution in [0.15, 0.2) is 27.6 Å². The van der Waals surface area contributed by atoms with E-state index in [0.717, 1.165) is 0 Å². The second kappa shape index (κ2) is 5.18. The number of hydrogen-bond donors (Lipinski definition) is 0. The zero-order chi connectivity index (χ0) is 14.0. The molecule has 2 aromatic rings. The predicted octanol–water partition coefficient (Wildman–Crippen LogP) is 2.37. The van der Waals surface area contributed by atoms with Crippen LogP contribution >= 0.6 is 10.7 Å². The van der Waals surface area contributed by atoms with E-state index < -0.39 is 9.05 Å². The van der Waals surface area contributed by atoms with Crippen molar-refractivity contribution < 1.29 is 17.7 Å². The average molecular weight is 303 g/mol. The van der Waals surface area contributed by atoms with Crippen LogP contribution in [-0.2, 0) is 9.05 Å². The number of aryl methyl sites for hydroxylation is 1. The Kier molecular flexibility index (Phi) is 3.77. The molecule has 0 radical (unpaired) electrons. The van der Waals surface area contributed by atoms with Gasteiger partial charge in [0.15, 0.2) is 0 Å². The molecule has 0 saturated heterocycles. The molecule has 0 atom stereocenters. The Bertz CT molecular complexity index is 696. The van der Waals surface area contributed by atoms with E-state index in [9.17, 15) is 8.42 Å². The Morgan fingerprint density at radius 3 is 2.68 bits per heavy atom. The summed E-state index contributed by atoms with van der Waals surface area (Å²) in [5, 5.41) is 3.72. The highest BCUT2D eigenvalue weighted by molar-refractivity contribution is 8.13. The molecule has 0 amide bonds. The molecule has 0 saturated carbocycles. The third-order valence-electron chi connectivity index (χ3n) is 2.29. The summed E-state index contributed by atoms with van der Waals surface area (Å²) in [5.74, 6) is 0.878. The third-order valence-corrected chi connectivity index (χ3v) is 3.64. The Morgan fingerprint density at radius 1 is 1.42 bits per heavy atom. The fourth-order valence-electron chi connectivity index (χ4n) is 1.53. The molecule has 1 aromatic heterocycles. The molecule has 8 heteroatoms. The van der Waals surface area contributed by atoms with Crippen LogP contribution in [0.5, 0.6) is 5.75 Å². The first-order valence-electron chi connectivity index (χ1n) is 5.44. The smallest absolute Gasteiger partial charge is 0.265 e. The molecule has 0 spiro atoms. The van der Waals surface area contributed by atoms with E-state index in [1.54, 1.807) is 19.9 Å². The van der Waals surface area contributed by atoms with Crippen molar-refractivity contribution in [3.8, 4) is 17.1 Å². The van der Waals surface area contributed by atoms with E-state index in [1.165, 1.54) is 12.1 Å². The van der Waals surface area contributed by atoms with Gasteiger partial charge in [0.2, 0.25) is 11.7 Å². The summed E-state index contributed by atoms with van der Waals surface area (Å²) in [5.41, 5.74) is 0.486. The molecule has 1 aromatic carbocycles. The maximum absolute atomic E-state index is 11.5. The average Bonchev–Trinajstić information content (AvgIpc) is 2.75. The molecule has 0 N–H and O–H groups in total. The highest BCUT2D eigenvalue weighted by atomic mass is 35.7. The maximum atomic E-state index is 11.5. The van der Waals surface area contributed by atoms with Crippen molar-refractivity contribution in [3.05, 3.63) is 24.1 Å². The van der Waals surface area contributed by atoms with Crippen molar-refractivity contribution in [1.82, 2.24) is 10.1 Å². The Hall–Kier alpha value is -1.60. The Morgan fingerprint density at radius 2 is 2.16 bits per heavy atom. The van der Waals surface area contributed by atoms with Crippen LogP contribution in [0.25, 0.3) is 11.4 Å². The lowest BCUT2D eigenvalue weighted by atomic mass is 10.2. The lowest BCUT2D eigenvalue weighted by molar-refractivity contribution is 0.331. The van der Waals surface area contributed by atoms with Gasteiger partial charge < -0.3 is 9.26 Å². The molecule has 2 rings (SSSR count). The Labute approximate surface area is 114 Å². The molecule has 0 aliphatic rings. The van der Waals surface area contributed by atoms with Gasteiger partial charge in [-0.2, -0.15) is 4.98 Å². The molecular weight excluding hydrogens is 292 g/mol. The zero-order valence-corrected chi connectivity index (χ0v) is 11.8. The number of rotatable bonds is 4. The van der Waals surface area contributed by atoms with Crippen molar-refractivity contribution in [3.63, 3.8) is 0 Å². The molecule has 19 heavy (non-hydrogen) atoms. The fourth-order valence-corrected chi connectivity index (χ4v) is 2.53. The van der Waals surface area contributed by atoms with Gasteiger partial charge in [-0.05, 0) is 25.1 Å². The lowest BCUT2D eigenvalue weighted by Crippen LogP contribution is -2.00. The van der Waals surface area contributed by atoms with Gasteiger partial charge in [-0.1, -0.05) is 5.16 Å². The summed E-state index contributed by atoms with van der Waals surface area (Å²) < 4.78 is 33.2. The molecule has 0 unspecified atom stereocenters. The first-order valence-corrected chi connectivity index (χ1v) is 7.75. The SMILES string of the molecule is CCOc1ccc(-c2noc(C)n2)cc1S(=O)(=O)Cl. The topological polar surface area (TPSA) is 82.3 Å². The number of benzene rings is 1. The van der Waals surface area contributed by atoms with Gasteiger partial charge in [-0.3, -0.25) is 0 Å². The van der Waals surface area contributed by atoms with Gasteiger partial charge in [0.1, 0.15) is 10.6 Å². The lowest BCUT2D eigenvalue weighted by Gasteiger charge is -2.08. The van der Waals surface area contributed by atoms with E-state index in [-0.39, 0.29) is 10.6 Å². The summed E-state index contributed by atoms with van der Waals surface area (Å²) in [4.78, 5) is 3.91. The standard InChI is InChI=1S/C11H11ClN2O4S/c1-3-17-9-5-4-8(6-10(9)19(12,15)16)11-13-7(2)18-14-11/h4-6H,3H2,1-2H3. The van der Waals surface area contributed by atoms with Gasteiger partial charge in [-0.15, -0.1) is 0 Å². The largest absolute Gasteiger partial charge is 0.492 e. The van der Waals surface area contributed by atoms with E-state index in [4.69, 9.17) is 19.9 Å². The van der Waals surface area contributed by atoms with Crippen LogP contribution in [0.3, 0.4) is 0 Å². The predicted molar refractivity (Wildman–Crippen MR) is 68.7 cm³/mol. The second-order valence-electron chi connectivity index (χ2n) is 3.67. The van der Waals surface area contributed by atoms with Gasteiger partial charge in [0.25, 0.3) is 9.05 Å². The zero-order valence-electron chi connectivity index (χ0n) is 10.3. The van der Waals surface area contributed by atoms with Crippen LogP contribution in [0, 0.1) is 6.92 Å². The van der Waals surface area contributed by atoms with E-state index >= 15 is 0 Å². The molecule has 0 aliphatic carbocycles. The minimum Gasteiger partial charge on any atom is -0.492 e. The summed E-state index contributed by atoms with van der Waals surface area (Å²) in [6.45, 7) is 3.73. The van der Waals surface area contributed by atoms with Gasteiger partial charge in [0, 0.05) is 23.2 Å². The van der Waals surface area contributed by atoms with Gasteiger partial charge in [0.05, 0.1) is 6.61 Å². The van der Waals surface area contributed by atoms with Crippen LogP contribution < -0.4 is 4.74 Å². The number of halogens is 1. The van der Waals surface area contributed by atoms with Crippen LogP contribution in [0.4, 0.5) is 0 Å². The summed E-state index contributed by atoms with van der Waals surface area (Å²) in [6, 6.07) is 4.51. The van der Waals surface area contributed by atoms with E-state index in [2.05, 4.69) is 10.1 Å². The number of ether oxygens (including phenoxy) is 1. The Balaban J connectivity index is 2.55. The highest BCUT2D eigenvalue weighted by Gasteiger charge is 2.19. The molecule has 6 nitrogen and oxygen atoms in total. The summed E-state index contributed by atoms with van der Waals surface area (Å²) >= 11 is 0. The molecule has 102 valence electrons. The first kappa shape index (κ1) is 13.8. The molecule has 1 heterocycles. The van der Waals surface area contributed by atoms with Crippen LogP contribution in [0.1, 0.15) is 12.8 Å². The second-order valence-corrected chi connectivity index (χ2v) is 6.20. The monoisotopic (exact) mass is 302 g/mol. The maximum Gasteiger partial charge on any atom is 0.265 e. The highest BCUT2D eigenvalue weighted by Crippen LogP contribution is 2.31. The van der Waals surface area contributed by atoms with Gasteiger partial charge in [-0.25, -0.2) is 8.42 Å². The van der Waals surface area contributed by atoms with Crippen molar-refractivity contribution in [2.75, 3.05) is 6.61 Å². The van der Waals surface area contributed by atoms with Crippen LogP contribution in [-0.4, -0.2) is 25.2 Å². The minimum atomic E-state index is -3.92. The minimum absolute atomic E-state index is 0.115. The van der Waals surface area contributed by atoms with Crippen molar-refractivity contribution in [2.24, 2.45) is 0 Å². The molecule has 0 bridgehead atoms.